The molecule has 0 atom stereocenters. The van der Waals surface area contributed by atoms with Gasteiger partial charge in [-0.05, 0) is 25.5 Å². The lowest BCUT2D eigenvalue weighted by Crippen LogP contribution is -2.25. The minimum atomic E-state index is -0.285. The van der Waals surface area contributed by atoms with Gasteiger partial charge in [0.05, 0.1) is 11.9 Å². The maximum atomic E-state index is 11.7. The van der Waals surface area contributed by atoms with Crippen molar-refractivity contribution in [3.05, 3.63) is 41.7 Å². The normalized spacial score (nSPS) is 10.4. The fourth-order valence-corrected chi connectivity index (χ4v) is 1.56. The fourth-order valence-electron chi connectivity index (χ4n) is 1.56. The van der Waals surface area contributed by atoms with Crippen molar-refractivity contribution in [2.24, 2.45) is 0 Å². The summed E-state index contributed by atoms with van der Waals surface area (Å²) in [5.74, 6) is -0.285. The third-order valence-corrected chi connectivity index (χ3v) is 2.64. The number of benzene rings is 1. The zero-order valence-electron chi connectivity index (χ0n) is 10.7. The van der Waals surface area contributed by atoms with Crippen LogP contribution in [0.15, 0.2) is 30.5 Å². The molecule has 100 valence electrons. The highest BCUT2D eigenvalue weighted by Crippen LogP contribution is 2.08. The number of aliphatic hydroxyl groups excluding tert-OH is 1. The summed E-state index contributed by atoms with van der Waals surface area (Å²) in [6.45, 7) is 2.48. The van der Waals surface area contributed by atoms with E-state index in [1.54, 1.807) is 10.9 Å². The quantitative estimate of drug-likeness (QED) is 0.775. The zero-order chi connectivity index (χ0) is 13.7. The van der Waals surface area contributed by atoms with E-state index in [-0.39, 0.29) is 18.2 Å². The van der Waals surface area contributed by atoms with Gasteiger partial charge < -0.3 is 10.4 Å². The van der Waals surface area contributed by atoms with Crippen molar-refractivity contribution in [1.82, 2.24) is 20.3 Å². The van der Waals surface area contributed by atoms with Gasteiger partial charge in [-0.2, -0.15) is 0 Å². The highest BCUT2D eigenvalue weighted by Gasteiger charge is 2.10. The summed E-state index contributed by atoms with van der Waals surface area (Å²) in [5, 5.41) is 19.1. The molecule has 2 aromatic rings. The Labute approximate surface area is 111 Å². The maximum Gasteiger partial charge on any atom is 0.273 e. The summed E-state index contributed by atoms with van der Waals surface area (Å²) in [6.07, 6.45) is 2.11. The molecule has 1 aromatic carbocycles. The van der Waals surface area contributed by atoms with Gasteiger partial charge in [-0.1, -0.05) is 22.9 Å². The average Bonchev–Trinajstić information content (AvgIpc) is 2.89. The number of aliphatic hydroxyl groups is 1. The summed E-state index contributed by atoms with van der Waals surface area (Å²) in [6, 6.07) is 7.77. The Morgan fingerprint density at radius 3 is 2.79 bits per heavy atom. The Morgan fingerprint density at radius 1 is 1.37 bits per heavy atom. The standard InChI is InChI=1S/C13H16N4O2/c1-10-3-5-11(6-4-10)17-9-12(15-16-17)13(19)14-7-2-8-18/h3-6,9,18H,2,7-8H2,1H3,(H,14,19). The van der Waals surface area contributed by atoms with E-state index in [4.69, 9.17) is 5.11 Å². The van der Waals surface area contributed by atoms with Gasteiger partial charge in [0, 0.05) is 13.2 Å². The van der Waals surface area contributed by atoms with Gasteiger partial charge in [-0.25, -0.2) is 4.68 Å². The van der Waals surface area contributed by atoms with E-state index in [0.717, 1.165) is 11.3 Å². The second-order valence-electron chi connectivity index (χ2n) is 4.22. The van der Waals surface area contributed by atoms with Gasteiger partial charge in [-0.15, -0.1) is 5.10 Å². The molecule has 0 saturated carbocycles. The van der Waals surface area contributed by atoms with Crippen LogP contribution in [0.3, 0.4) is 0 Å². The number of nitrogens with zero attached hydrogens (tertiary/aromatic N) is 3. The summed E-state index contributed by atoms with van der Waals surface area (Å²) in [5.41, 5.74) is 2.27. The molecule has 0 unspecified atom stereocenters. The molecule has 0 saturated heterocycles. The van der Waals surface area contributed by atoms with E-state index in [9.17, 15) is 4.79 Å². The van der Waals surface area contributed by atoms with Gasteiger partial charge in [0.2, 0.25) is 0 Å². The van der Waals surface area contributed by atoms with E-state index in [1.807, 2.05) is 31.2 Å². The predicted octanol–water partition coefficient (Wildman–Crippen LogP) is 0.688. The van der Waals surface area contributed by atoms with Crippen LogP contribution in [-0.4, -0.2) is 39.2 Å². The Bertz CT molecular complexity index is 548. The van der Waals surface area contributed by atoms with Gasteiger partial charge in [-0.3, -0.25) is 4.79 Å². The molecule has 0 bridgehead atoms. The average molecular weight is 260 g/mol. The first-order chi connectivity index (χ1) is 9.20. The van der Waals surface area contributed by atoms with E-state index < -0.39 is 0 Å². The van der Waals surface area contributed by atoms with Crippen LogP contribution in [0.4, 0.5) is 0 Å². The van der Waals surface area contributed by atoms with Crippen molar-refractivity contribution in [2.45, 2.75) is 13.3 Å². The van der Waals surface area contributed by atoms with Crippen LogP contribution in [0, 0.1) is 6.92 Å². The van der Waals surface area contributed by atoms with Gasteiger partial charge in [0.1, 0.15) is 0 Å². The number of carbonyl (C=O) groups is 1. The SMILES string of the molecule is Cc1ccc(-n2cc(C(=O)NCCCO)nn2)cc1. The third-order valence-electron chi connectivity index (χ3n) is 2.64. The number of aromatic nitrogens is 3. The minimum Gasteiger partial charge on any atom is -0.396 e. The van der Waals surface area contributed by atoms with Gasteiger partial charge in [0.25, 0.3) is 5.91 Å². The van der Waals surface area contributed by atoms with Crippen LogP contribution in [0.5, 0.6) is 0 Å². The Morgan fingerprint density at radius 2 is 2.11 bits per heavy atom. The van der Waals surface area contributed by atoms with Crippen molar-refractivity contribution in [3.63, 3.8) is 0 Å². The number of aryl methyl sites for hydroxylation is 1. The third kappa shape index (κ3) is 3.38. The number of rotatable bonds is 5. The smallest absolute Gasteiger partial charge is 0.273 e. The number of hydrogen-bond acceptors (Lipinski definition) is 4. The number of amides is 1. The van der Waals surface area contributed by atoms with Crippen molar-refractivity contribution in [2.75, 3.05) is 13.2 Å². The molecule has 1 heterocycles. The topological polar surface area (TPSA) is 80.0 Å². The van der Waals surface area contributed by atoms with Crippen molar-refractivity contribution in [3.8, 4) is 5.69 Å². The molecule has 0 aliphatic heterocycles. The second kappa shape index (κ2) is 6.10. The molecule has 0 aliphatic rings. The minimum absolute atomic E-state index is 0.0519. The maximum absolute atomic E-state index is 11.7. The molecular formula is C13H16N4O2. The highest BCUT2D eigenvalue weighted by atomic mass is 16.3. The van der Waals surface area contributed by atoms with Gasteiger partial charge >= 0.3 is 0 Å². The molecule has 6 heteroatoms. The van der Waals surface area contributed by atoms with E-state index in [0.29, 0.717) is 13.0 Å². The van der Waals surface area contributed by atoms with E-state index in [2.05, 4.69) is 15.6 Å². The zero-order valence-corrected chi connectivity index (χ0v) is 10.7. The van der Waals surface area contributed by atoms with Crippen LogP contribution in [-0.2, 0) is 0 Å². The molecule has 2 N–H and O–H groups in total. The van der Waals surface area contributed by atoms with Crippen molar-refractivity contribution in [1.29, 1.82) is 0 Å². The number of carbonyl (C=O) groups excluding carboxylic acids is 1. The monoisotopic (exact) mass is 260 g/mol. The summed E-state index contributed by atoms with van der Waals surface area (Å²) in [4.78, 5) is 11.7. The Hall–Kier alpha value is -2.21. The Kier molecular flexibility index (Phi) is 4.25. The molecule has 19 heavy (non-hydrogen) atoms. The molecule has 6 nitrogen and oxygen atoms in total. The van der Waals surface area contributed by atoms with Crippen LogP contribution in [0.25, 0.3) is 5.69 Å². The van der Waals surface area contributed by atoms with Crippen LogP contribution >= 0.6 is 0 Å². The lowest BCUT2D eigenvalue weighted by Gasteiger charge is -2.00. The van der Waals surface area contributed by atoms with Crippen LogP contribution in [0.2, 0.25) is 0 Å². The lowest BCUT2D eigenvalue weighted by molar-refractivity contribution is 0.0946. The summed E-state index contributed by atoms with van der Waals surface area (Å²) in [7, 11) is 0. The van der Waals surface area contributed by atoms with Crippen molar-refractivity contribution < 1.29 is 9.90 Å². The summed E-state index contributed by atoms with van der Waals surface area (Å²) >= 11 is 0. The fraction of sp³-hybridized carbons (Fsp3) is 0.308. The second-order valence-corrected chi connectivity index (χ2v) is 4.22. The van der Waals surface area contributed by atoms with Crippen LogP contribution < -0.4 is 5.32 Å². The molecule has 0 fully saturated rings. The largest absolute Gasteiger partial charge is 0.396 e. The number of nitrogens with one attached hydrogen (secondary N) is 1. The van der Waals surface area contributed by atoms with Gasteiger partial charge in [0.15, 0.2) is 5.69 Å². The molecule has 0 spiro atoms. The number of hydrogen-bond donors (Lipinski definition) is 2. The van der Waals surface area contributed by atoms with E-state index >= 15 is 0 Å². The van der Waals surface area contributed by atoms with Crippen molar-refractivity contribution >= 4 is 5.91 Å². The van der Waals surface area contributed by atoms with E-state index in [1.165, 1.54) is 0 Å². The molecule has 2 rings (SSSR count). The summed E-state index contributed by atoms with van der Waals surface area (Å²) < 4.78 is 1.56. The first kappa shape index (κ1) is 13.2. The lowest BCUT2D eigenvalue weighted by atomic mass is 10.2. The highest BCUT2D eigenvalue weighted by molar-refractivity contribution is 5.91. The van der Waals surface area contributed by atoms with Crippen LogP contribution in [0.1, 0.15) is 22.5 Å². The first-order valence-corrected chi connectivity index (χ1v) is 6.09. The molecule has 1 aromatic heterocycles. The molecule has 0 aliphatic carbocycles. The predicted molar refractivity (Wildman–Crippen MR) is 70.1 cm³/mol. The molecule has 0 radical (unpaired) electrons. The molecule has 1 amide bonds. The Balaban J connectivity index is 2.06. The first-order valence-electron chi connectivity index (χ1n) is 6.09. The molecular weight excluding hydrogens is 244 g/mol.